The largest absolute Gasteiger partial charge is 0.494 e. The summed E-state index contributed by atoms with van der Waals surface area (Å²) < 4.78 is 42.3. The maximum Gasteiger partial charge on any atom is 0.187 e. The van der Waals surface area contributed by atoms with E-state index in [4.69, 9.17) is 33.2 Å². The lowest BCUT2D eigenvalue weighted by Crippen LogP contribution is -2.64. The monoisotopic (exact) mass is 884 g/mol. The molecule has 8 rings (SSSR count). The Bertz CT molecular complexity index is 1630. The molecule has 0 aromatic rings. The molecule has 0 amide bonds. The first-order valence-corrected chi connectivity index (χ1v) is 23.0. The van der Waals surface area contributed by atoms with Crippen molar-refractivity contribution in [2.75, 3.05) is 19.8 Å². The van der Waals surface area contributed by atoms with Gasteiger partial charge in [0, 0.05) is 12.3 Å². The van der Waals surface area contributed by atoms with E-state index in [2.05, 4.69) is 33.8 Å². The highest BCUT2D eigenvalue weighted by Crippen LogP contribution is 2.69. The normalized spacial score (nSPS) is 52.0. The predicted molar refractivity (Wildman–Crippen MR) is 216 cm³/mol. The van der Waals surface area contributed by atoms with Gasteiger partial charge in [0.25, 0.3) is 0 Å². The molecule has 3 saturated carbocycles. The quantitative estimate of drug-likeness (QED) is 0.117. The zero-order valence-electron chi connectivity index (χ0n) is 36.6. The number of hydrogen-bond acceptors (Lipinski definition) is 17. The van der Waals surface area contributed by atoms with E-state index in [1.807, 2.05) is 0 Å². The zero-order chi connectivity index (χ0) is 44.6. The number of ether oxygens (including phenoxy) is 7. The molecule has 0 radical (unpaired) electrons. The van der Waals surface area contributed by atoms with E-state index in [9.17, 15) is 51.1 Å². The van der Waals surface area contributed by atoms with E-state index in [1.165, 1.54) is 18.1 Å². The highest BCUT2D eigenvalue weighted by molar-refractivity contribution is 5.30. The molecule has 3 saturated heterocycles. The fraction of sp³-hybridized carbons (Fsp3) is 0.911. The van der Waals surface area contributed by atoms with Crippen molar-refractivity contribution in [1.29, 1.82) is 0 Å². The fourth-order valence-electron chi connectivity index (χ4n) is 13.0. The first kappa shape index (κ1) is 47.1. The van der Waals surface area contributed by atoms with E-state index in [0.717, 1.165) is 50.7 Å². The van der Waals surface area contributed by atoms with E-state index < -0.39 is 105 Å². The second-order valence-electron chi connectivity index (χ2n) is 20.4. The Morgan fingerprint density at radius 3 is 2.13 bits per heavy atom. The van der Waals surface area contributed by atoms with Gasteiger partial charge in [0.2, 0.25) is 0 Å². The SMILES string of the molecule is CC1=C(CC[C@H](C)CO[C@@H]2O[C@H](CO)[C@@H](O)[C@H](O)[C@H]2O)O[C@H]2C[C@H]3[C@@H]4CC=C5C[C@@H](O[C@@H]6O[C@H](CO)[C@@H](O)[C@H](O)[C@H]6O[C@@H]6O[C@@H](C)[C@H](O)[C@@H](O)[C@H]6O)CC[C@]5(C)[C@H]4CC[C@]3(C)[C@@H]12. The number of fused-ring (bicyclic) bond motifs is 7. The van der Waals surface area contributed by atoms with Crippen LogP contribution in [0.1, 0.15) is 92.4 Å². The van der Waals surface area contributed by atoms with Crippen LogP contribution in [-0.4, -0.2) is 175 Å². The van der Waals surface area contributed by atoms with Crippen LogP contribution in [0.15, 0.2) is 23.0 Å². The predicted octanol–water partition coefficient (Wildman–Crippen LogP) is 0.118. The standard InChI is InChI=1S/C45H72O17/c1-19(18-56-41-38(54)36(52)33(49)29(16-46)60-41)6-9-27-20(2)31-28(59-27)15-26-24-8-7-22-14-23(10-12-44(22,4)25(24)11-13-45(26,31)5)58-43-40(37(53)34(50)30(17-47)61-43)62-42-39(55)35(51)32(48)21(3)57-42/h7,19,21,23-26,28-43,46-55H,6,8-18H2,1-5H3/t19-,21-,23-,24+,25-,26-,28-,29+,30+,31-,32-,33+,34+,35+,36-,37-,38+,39+,40+,41+,42-,43+,44-,45-/m0/s1. The summed E-state index contributed by atoms with van der Waals surface area (Å²) in [5.74, 6) is 3.04. The molecule has 8 aliphatic rings. The van der Waals surface area contributed by atoms with E-state index in [-0.39, 0.29) is 35.6 Å². The number of hydrogen-bond donors (Lipinski definition) is 10. The Morgan fingerprint density at radius 1 is 0.758 bits per heavy atom. The molecule has 0 unspecified atom stereocenters. The van der Waals surface area contributed by atoms with Crippen molar-refractivity contribution >= 4 is 0 Å². The molecule has 0 bridgehead atoms. The summed E-state index contributed by atoms with van der Waals surface area (Å²) in [5.41, 5.74) is 2.78. The summed E-state index contributed by atoms with van der Waals surface area (Å²) in [4.78, 5) is 0. The minimum absolute atomic E-state index is 0.0215. The highest BCUT2D eigenvalue weighted by Gasteiger charge is 2.64. The Labute approximate surface area is 363 Å². The third kappa shape index (κ3) is 8.25. The van der Waals surface area contributed by atoms with Crippen LogP contribution >= 0.6 is 0 Å². The summed E-state index contributed by atoms with van der Waals surface area (Å²) in [6, 6.07) is 0. The van der Waals surface area contributed by atoms with Crippen LogP contribution in [0.25, 0.3) is 0 Å². The van der Waals surface area contributed by atoms with Gasteiger partial charge in [-0.05, 0) is 105 Å². The molecular formula is C45H72O17. The van der Waals surface area contributed by atoms with E-state index >= 15 is 0 Å². The van der Waals surface area contributed by atoms with Gasteiger partial charge in [-0.3, -0.25) is 0 Å². The molecule has 17 nitrogen and oxygen atoms in total. The smallest absolute Gasteiger partial charge is 0.187 e. The van der Waals surface area contributed by atoms with E-state index in [0.29, 0.717) is 36.5 Å². The molecule has 0 aromatic heterocycles. The number of allylic oxidation sites excluding steroid dienone is 2. The Kier molecular flexibility index (Phi) is 14.0. The van der Waals surface area contributed by atoms with Crippen molar-refractivity contribution < 1.29 is 84.2 Å². The van der Waals surface area contributed by atoms with Crippen LogP contribution in [-0.2, 0) is 33.2 Å². The van der Waals surface area contributed by atoms with Crippen molar-refractivity contribution in [2.45, 2.75) is 197 Å². The van der Waals surface area contributed by atoms with Crippen molar-refractivity contribution in [3.8, 4) is 0 Å². The summed E-state index contributed by atoms with van der Waals surface area (Å²) in [6.07, 6.45) is -9.89. The van der Waals surface area contributed by atoms with Gasteiger partial charge in [-0.15, -0.1) is 0 Å². The third-order valence-corrected chi connectivity index (χ3v) is 16.8. The zero-order valence-corrected chi connectivity index (χ0v) is 36.6. The maximum absolute atomic E-state index is 11.2. The maximum atomic E-state index is 11.2. The first-order chi connectivity index (χ1) is 29.4. The van der Waals surface area contributed by atoms with Gasteiger partial charge in [-0.25, -0.2) is 0 Å². The van der Waals surface area contributed by atoms with Crippen LogP contribution < -0.4 is 0 Å². The summed E-state index contributed by atoms with van der Waals surface area (Å²) in [5, 5.41) is 103. The lowest BCUT2D eigenvalue weighted by molar-refractivity contribution is -0.369. The van der Waals surface area contributed by atoms with Gasteiger partial charge < -0.3 is 84.2 Å². The van der Waals surface area contributed by atoms with Gasteiger partial charge >= 0.3 is 0 Å². The Morgan fingerprint density at radius 2 is 1.42 bits per heavy atom. The average molecular weight is 885 g/mol. The molecule has 10 N–H and O–H groups in total. The molecule has 0 spiro atoms. The van der Waals surface area contributed by atoms with Crippen molar-refractivity contribution in [3.05, 3.63) is 23.0 Å². The fourth-order valence-corrected chi connectivity index (χ4v) is 13.0. The number of rotatable bonds is 12. The Balaban J connectivity index is 0.887. The molecule has 17 heteroatoms. The Hall–Kier alpha value is -1.36. The second kappa shape index (κ2) is 18.4. The summed E-state index contributed by atoms with van der Waals surface area (Å²) in [6.45, 7) is 9.89. The molecule has 6 fully saturated rings. The van der Waals surface area contributed by atoms with Crippen LogP contribution in [0.4, 0.5) is 0 Å². The lowest BCUT2D eigenvalue weighted by Gasteiger charge is -2.58. The van der Waals surface area contributed by atoms with Crippen molar-refractivity contribution in [1.82, 2.24) is 0 Å². The van der Waals surface area contributed by atoms with Crippen LogP contribution in [0.3, 0.4) is 0 Å². The molecule has 4 aliphatic heterocycles. The molecule has 24 atom stereocenters. The van der Waals surface area contributed by atoms with Gasteiger partial charge in [-0.1, -0.05) is 32.4 Å². The topological polar surface area (TPSA) is 267 Å². The molecule has 62 heavy (non-hydrogen) atoms. The minimum atomic E-state index is -1.64. The molecular weight excluding hydrogens is 812 g/mol. The van der Waals surface area contributed by atoms with Gasteiger partial charge in [-0.2, -0.15) is 0 Å². The van der Waals surface area contributed by atoms with Gasteiger partial charge in [0.15, 0.2) is 18.9 Å². The molecule has 0 aromatic carbocycles. The lowest BCUT2D eigenvalue weighted by atomic mass is 9.47. The number of aliphatic hydroxyl groups is 10. The third-order valence-electron chi connectivity index (χ3n) is 16.8. The average Bonchev–Trinajstić information content (AvgIpc) is 3.74. The minimum Gasteiger partial charge on any atom is -0.494 e. The van der Waals surface area contributed by atoms with Gasteiger partial charge in [0.1, 0.15) is 73.2 Å². The summed E-state index contributed by atoms with van der Waals surface area (Å²) in [7, 11) is 0. The molecule has 4 aliphatic carbocycles. The number of aliphatic hydroxyl groups excluding tert-OH is 10. The van der Waals surface area contributed by atoms with Crippen LogP contribution in [0.5, 0.6) is 0 Å². The molecule has 4 heterocycles. The van der Waals surface area contributed by atoms with Crippen molar-refractivity contribution in [3.63, 3.8) is 0 Å². The summed E-state index contributed by atoms with van der Waals surface area (Å²) >= 11 is 0. The van der Waals surface area contributed by atoms with Crippen LogP contribution in [0, 0.1) is 40.4 Å². The van der Waals surface area contributed by atoms with Crippen molar-refractivity contribution in [2.24, 2.45) is 40.4 Å². The highest BCUT2D eigenvalue weighted by atomic mass is 16.8. The first-order valence-electron chi connectivity index (χ1n) is 23.0. The van der Waals surface area contributed by atoms with E-state index in [1.54, 1.807) is 0 Å². The van der Waals surface area contributed by atoms with Gasteiger partial charge in [0.05, 0.1) is 37.8 Å². The molecule has 354 valence electrons. The second-order valence-corrected chi connectivity index (χ2v) is 20.4. The van der Waals surface area contributed by atoms with Crippen LogP contribution in [0.2, 0.25) is 0 Å².